The van der Waals surface area contributed by atoms with Crippen molar-refractivity contribution < 1.29 is 22.3 Å². The molecular formula is C25H31FN2O4S. The fourth-order valence-corrected chi connectivity index (χ4v) is 6.30. The summed E-state index contributed by atoms with van der Waals surface area (Å²) in [5, 5.41) is 3.23. The fourth-order valence-electron chi connectivity index (χ4n) is 4.83. The number of nitrogens with zero attached hydrogens (tertiary/aromatic N) is 1. The Kier molecular flexibility index (Phi) is 6.77. The minimum Gasteiger partial charge on any atom is -0.487 e. The van der Waals surface area contributed by atoms with Crippen LogP contribution in [-0.4, -0.2) is 37.3 Å². The van der Waals surface area contributed by atoms with Gasteiger partial charge in [0, 0.05) is 31.0 Å². The van der Waals surface area contributed by atoms with E-state index < -0.39 is 15.8 Å². The molecule has 4 rings (SSSR count). The minimum atomic E-state index is -3.70. The average molecular weight is 475 g/mol. The molecule has 0 radical (unpaired) electrons. The zero-order chi connectivity index (χ0) is 23.6. The minimum absolute atomic E-state index is 0.0448. The summed E-state index contributed by atoms with van der Waals surface area (Å²) in [6.07, 6.45) is 3.31. The number of carbonyl (C=O) groups is 1. The van der Waals surface area contributed by atoms with Gasteiger partial charge in [0.25, 0.3) is 0 Å². The molecule has 2 aliphatic heterocycles. The number of hydrogen-bond acceptors (Lipinski definition) is 4. The molecule has 1 fully saturated rings. The van der Waals surface area contributed by atoms with Crippen molar-refractivity contribution in [2.45, 2.75) is 62.5 Å². The summed E-state index contributed by atoms with van der Waals surface area (Å²) >= 11 is 0. The van der Waals surface area contributed by atoms with E-state index in [1.165, 1.54) is 16.4 Å². The standard InChI is InChI=1S/C25H31FN2O4S/c1-3-25(4-2)17-22(21-7-5-6-8-23(21)32-25)27-24(29)18-13-15-28(16-14-18)33(30,31)20-11-9-19(26)10-12-20/h5-12,18,22H,3-4,13-17H2,1-2H3,(H,27,29)/t22-/m1/s1. The molecule has 2 heterocycles. The summed E-state index contributed by atoms with van der Waals surface area (Å²) in [7, 11) is -3.70. The number of nitrogens with one attached hydrogen (secondary N) is 1. The maximum Gasteiger partial charge on any atom is 0.243 e. The van der Waals surface area contributed by atoms with Gasteiger partial charge in [0.15, 0.2) is 0 Å². The first-order valence-electron chi connectivity index (χ1n) is 11.6. The maximum atomic E-state index is 13.2. The zero-order valence-electron chi connectivity index (χ0n) is 19.1. The van der Waals surface area contributed by atoms with Crippen molar-refractivity contribution >= 4 is 15.9 Å². The number of piperidine rings is 1. The van der Waals surface area contributed by atoms with Crippen LogP contribution >= 0.6 is 0 Å². The number of fused-ring (bicyclic) bond motifs is 1. The molecule has 1 N–H and O–H groups in total. The average Bonchev–Trinajstić information content (AvgIpc) is 2.84. The van der Waals surface area contributed by atoms with Crippen LogP contribution in [0.1, 0.15) is 57.6 Å². The summed E-state index contributed by atoms with van der Waals surface area (Å²) in [6.45, 7) is 4.73. The highest BCUT2D eigenvalue weighted by Gasteiger charge is 2.40. The van der Waals surface area contributed by atoms with Crippen LogP contribution in [0.3, 0.4) is 0 Å². The number of rotatable bonds is 6. The van der Waals surface area contributed by atoms with Gasteiger partial charge in [-0.05, 0) is 56.0 Å². The number of ether oxygens (including phenoxy) is 1. The molecule has 2 aromatic rings. The van der Waals surface area contributed by atoms with E-state index in [1.807, 2.05) is 24.3 Å². The van der Waals surface area contributed by atoms with Crippen molar-refractivity contribution in [3.8, 4) is 5.75 Å². The Morgan fingerprint density at radius 3 is 2.36 bits per heavy atom. The van der Waals surface area contributed by atoms with E-state index in [-0.39, 0.29) is 41.5 Å². The van der Waals surface area contributed by atoms with E-state index in [9.17, 15) is 17.6 Å². The SMILES string of the molecule is CCC1(CC)C[C@@H](NC(=O)C2CCN(S(=O)(=O)c3ccc(F)cc3)CC2)c2ccccc2O1. The van der Waals surface area contributed by atoms with Gasteiger partial charge >= 0.3 is 0 Å². The smallest absolute Gasteiger partial charge is 0.243 e. The van der Waals surface area contributed by atoms with Crippen LogP contribution in [0.4, 0.5) is 4.39 Å². The van der Waals surface area contributed by atoms with E-state index in [4.69, 9.17) is 4.74 Å². The molecule has 0 aliphatic carbocycles. The van der Waals surface area contributed by atoms with Gasteiger partial charge in [-0.1, -0.05) is 32.0 Å². The van der Waals surface area contributed by atoms with Gasteiger partial charge in [0.1, 0.15) is 17.2 Å². The van der Waals surface area contributed by atoms with Crippen molar-refractivity contribution in [1.82, 2.24) is 9.62 Å². The molecule has 8 heteroatoms. The molecule has 0 spiro atoms. The summed E-state index contributed by atoms with van der Waals surface area (Å²) in [5.41, 5.74) is 0.679. The molecule has 178 valence electrons. The Morgan fingerprint density at radius 2 is 1.73 bits per heavy atom. The molecular weight excluding hydrogens is 443 g/mol. The van der Waals surface area contributed by atoms with Crippen LogP contribution in [0.15, 0.2) is 53.4 Å². The normalized spacial score (nSPS) is 21.1. The lowest BCUT2D eigenvalue weighted by Crippen LogP contribution is -2.47. The molecule has 0 bridgehead atoms. The van der Waals surface area contributed by atoms with Gasteiger partial charge in [0.2, 0.25) is 15.9 Å². The van der Waals surface area contributed by atoms with Crippen LogP contribution in [0.2, 0.25) is 0 Å². The number of benzene rings is 2. The quantitative estimate of drug-likeness (QED) is 0.672. The highest BCUT2D eigenvalue weighted by molar-refractivity contribution is 7.89. The van der Waals surface area contributed by atoms with E-state index in [0.29, 0.717) is 19.3 Å². The number of para-hydroxylation sites is 1. The summed E-state index contributed by atoms with van der Waals surface area (Å²) in [5.74, 6) is 0.0427. The predicted octanol–water partition coefficient (Wildman–Crippen LogP) is 4.43. The number of halogens is 1. The van der Waals surface area contributed by atoms with E-state index in [1.54, 1.807) is 0 Å². The van der Waals surface area contributed by atoms with Crippen LogP contribution in [-0.2, 0) is 14.8 Å². The first-order valence-corrected chi connectivity index (χ1v) is 13.1. The molecule has 2 aliphatic rings. The lowest BCUT2D eigenvalue weighted by Gasteiger charge is -2.42. The highest BCUT2D eigenvalue weighted by atomic mass is 32.2. The number of hydrogen-bond donors (Lipinski definition) is 1. The van der Waals surface area contributed by atoms with Crippen molar-refractivity contribution in [3.05, 3.63) is 59.9 Å². The van der Waals surface area contributed by atoms with Crippen LogP contribution in [0.5, 0.6) is 5.75 Å². The molecule has 1 amide bonds. The Labute approximate surface area is 195 Å². The second-order valence-corrected chi connectivity index (χ2v) is 10.9. The van der Waals surface area contributed by atoms with Crippen molar-refractivity contribution in [3.63, 3.8) is 0 Å². The van der Waals surface area contributed by atoms with Gasteiger partial charge in [-0.15, -0.1) is 0 Å². The third-order valence-corrected chi connectivity index (χ3v) is 8.99. The van der Waals surface area contributed by atoms with Gasteiger partial charge in [-0.3, -0.25) is 4.79 Å². The van der Waals surface area contributed by atoms with Gasteiger partial charge in [0.05, 0.1) is 10.9 Å². The summed E-state index contributed by atoms with van der Waals surface area (Å²) in [4.78, 5) is 13.2. The predicted molar refractivity (Wildman–Crippen MR) is 124 cm³/mol. The molecule has 1 saturated heterocycles. The third kappa shape index (κ3) is 4.77. The number of carbonyl (C=O) groups excluding carboxylic acids is 1. The fraction of sp³-hybridized carbons (Fsp3) is 0.480. The second kappa shape index (κ2) is 9.43. The lowest BCUT2D eigenvalue weighted by atomic mass is 9.83. The molecule has 33 heavy (non-hydrogen) atoms. The Hall–Kier alpha value is -2.45. The van der Waals surface area contributed by atoms with Gasteiger partial charge in [-0.2, -0.15) is 4.31 Å². The second-order valence-electron chi connectivity index (χ2n) is 8.93. The number of amides is 1. The molecule has 0 aromatic heterocycles. The van der Waals surface area contributed by atoms with Gasteiger partial charge in [-0.25, -0.2) is 12.8 Å². The zero-order valence-corrected chi connectivity index (χ0v) is 19.9. The van der Waals surface area contributed by atoms with Crippen molar-refractivity contribution in [1.29, 1.82) is 0 Å². The van der Waals surface area contributed by atoms with Crippen LogP contribution in [0, 0.1) is 11.7 Å². The molecule has 0 unspecified atom stereocenters. The Bertz CT molecular complexity index is 1090. The lowest BCUT2D eigenvalue weighted by molar-refractivity contribution is -0.127. The first kappa shape index (κ1) is 23.7. The first-order chi connectivity index (χ1) is 15.8. The molecule has 1 atom stereocenters. The van der Waals surface area contributed by atoms with E-state index >= 15 is 0 Å². The third-order valence-electron chi connectivity index (χ3n) is 7.08. The van der Waals surface area contributed by atoms with Crippen LogP contribution in [0.25, 0.3) is 0 Å². The summed E-state index contributed by atoms with van der Waals surface area (Å²) in [6, 6.07) is 12.5. The number of sulfonamides is 1. The highest BCUT2D eigenvalue weighted by Crippen LogP contribution is 2.42. The van der Waals surface area contributed by atoms with Crippen molar-refractivity contribution in [2.24, 2.45) is 5.92 Å². The molecule has 6 nitrogen and oxygen atoms in total. The monoisotopic (exact) mass is 474 g/mol. The van der Waals surface area contributed by atoms with E-state index in [0.717, 1.165) is 36.3 Å². The summed E-state index contributed by atoms with van der Waals surface area (Å²) < 4.78 is 46.6. The Morgan fingerprint density at radius 1 is 1.09 bits per heavy atom. The van der Waals surface area contributed by atoms with Crippen molar-refractivity contribution in [2.75, 3.05) is 13.1 Å². The largest absolute Gasteiger partial charge is 0.487 e. The van der Waals surface area contributed by atoms with Gasteiger partial charge < -0.3 is 10.1 Å². The maximum absolute atomic E-state index is 13.2. The Balaban J connectivity index is 1.42. The van der Waals surface area contributed by atoms with Crippen LogP contribution < -0.4 is 10.1 Å². The van der Waals surface area contributed by atoms with E-state index in [2.05, 4.69) is 19.2 Å². The molecule has 0 saturated carbocycles. The topological polar surface area (TPSA) is 75.7 Å². The molecule has 2 aromatic carbocycles.